The number of aliphatic carboxylic acids is 1. The van der Waals surface area contributed by atoms with Crippen molar-refractivity contribution in [2.45, 2.75) is 33.2 Å². The molecule has 7 N–H and O–H groups in total. The minimum absolute atomic E-state index is 0. The lowest BCUT2D eigenvalue weighted by Gasteiger charge is -2.21. The van der Waals surface area contributed by atoms with Crippen molar-refractivity contribution in [1.29, 1.82) is 0 Å². The van der Waals surface area contributed by atoms with E-state index in [9.17, 15) is 9.90 Å². The van der Waals surface area contributed by atoms with Crippen molar-refractivity contribution < 1.29 is 29.9 Å². The highest BCUT2D eigenvalue weighted by atomic mass is 16.5. The Balaban J connectivity index is 0.000000763. The van der Waals surface area contributed by atoms with Crippen LogP contribution in [0.3, 0.4) is 0 Å². The van der Waals surface area contributed by atoms with Gasteiger partial charge in [0.15, 0.2) is 5.65 Å². The SMILES string of the molecule is C.CC(=O)[O-].COc1cc(-c2nn(C3CC[NH2+]CC3)c3ncnc(N)c23)ccc1NC(=O)c1cc2c(O)cccc2[nH]1. The van der Waals surface area contributed by atoms with E-state index >= 15 is 0 Å². The first-order chi connectivity index (χ1) is 19.8. The fourth-order valence-corrected chi connectivity index (χ4v) is 5.00. The number of phenols is 1. The highest BCUT2D eigenvalue weighted by molar-refractivity contribution is 6.07. The number of aromatic hydroxyl groups is 1. The Hall–Kier alpha value is -5.17. The molecule has 0 aliphatic carbocycles. The van der Waals surface area contributed by atoms with Crippen molar-refractivity contribution in [3.8, 4) is 22.8 Å². The molecule has 1 aliphatic heterocycles. The van der Waals surface area contributed by atoms with E-state index in [0.717, 1.165) is 38.4 Å². The number of rotatable bonds is 5. The summed E-state index contributed by atoms with van der Waals surface area (Å²) in [5.74, 6) is -0.499. The number of amides is 1. The number of aromatic amines is 1. The highest BCUT2D eigenvalue weighted by Gasteiger charge is 2.25. The third-order valence-corrected chi connectivity index (χ3v) is 6.88. The molecule has 2 aromatic carbocycles. The zero-order chi connectivity index (χ0) is 29.1. The van der Waals surface area contributed by atoms with Crippen molar-refractivity contribution in [3.63, 3.8) is 0 Å². The molecular weight excluding hydrogens is 540 g/mol. The average Bonchev–Trinajstić information content (AvgIpc) is 3.58. The van der Waals surface area contributed by atoms with Gasteiger partial charge in [-0.1, -0.05) is 19.6 Å². The molecule has 6 rings (SSSR count). The average molecular weight is 575 g/mol. The van der Waals surface area contributed by atoms with E-state index in [-0.39, 0.29) is 25.1 Å². The predicted molar refractivity (Wildman–Crippen MR) is 157 cm³/mol. The van der Waals surface area contributed by atoms with E-state index in [1.165, 1.54) is 6.33 Å². The van der Waals surface area contributed by atoms with Crippen LogP contribution in [0.25, 0.3) is 33.2 Å². The Labute approximate surface area is 241 Å². The van der Waals surface area contributed by atoms with Crippen molar-refractivity contribution in [3.05, 3.63) is 54.5 Å². The molecule has 0 atom stereocenters. The predicted octanol–water partition coefficient (Wildman–Crippen LogP) is 1.81. The maximum atomic E-state index is 13.0. The van der Waals surface area contributed by atoms with Crippen LogP contribution in [0, 0.1) is 0 Å². The fourth-order valence-electron chi connectivity index (χ4n) is 5.00. The van der Waals surface area contributed by atoms with Crippen molar-refractivity contribution in [2.24, 2.45) is 0 Å². The van der Waals surface area contributed by atoms with Gasteiger partial charge in [0, 0.05) is 35.3 Å². The summed E-state index contributed by atoms with van der Waals surface area (Å²) in [6.07, 6.45) is 3.47. The van der Waals surface area contributed by atoms with Crippen LogP contribution in [0.1, 0.15) is 43.7 Å². The summed E-state index contributed by atoms with van der Waals surface area (Å²) in [5.41, 5.74) is 9.94. The number of fused-ring (bicyclic) bond motifs is 2. The molecule has 0 unspecified atom stereocenters. The molecule has 0 radical (unpaired) electrons. The van der Waals surface area contributed by atoms with Crippen LogP contribution in [-0.2, 0) is 4.79 Å². The summed E-state index contributed by atoms with van der Waals surface area (Å²) in [4.78, 5) is 33.6. The Bertz CT molecular complexity index is 1740. The first kappa shape index (κ1) is 29.8. The summed E-state index contributed by atoms with van der Waals surface area (Å²) in [7, 11) is 1.54. The number of hydrogen-bond donors (Lipinski definition) is 5. The van der Waals surface area contributed by atoms with Gasteiger partial charge in [0.1, 0.15) is 35.0 Å². The van der Waals surface area contributed by atoms with Crippen molar-refractivity contribution >= 4 is 45.3 Å². The molecule has 1 fully saturated rings. The second kappa shape index (κ2) is 12.6. The molecule has 1 saturated heterocycles. The summed E-state index contributed by atoms with van der Waals surface area (Å²) < 4.78 is 7.60. The number of hydrogen-bond acceptors (Lipinski definition) is 9. The van der Waals surface area contributed by atoms with Gasteiger partial charge in [0.2, 0.25) is 0 Å². The van der Waals surface area contributed by atoms with Crippen LogP contribution >= 0.6 is 0 Å². The Morgan fingerprint density at radius 3 is 2.62 bits per heavy atom. The van der Waals surface area contributed by atoms with Gasteiger partial charge in [-0.05, 0) is 37.3 Å². The van der Waals surface area contributed by atoms with Gasteiger partial charge < -0.3 is 41.1 Å². The number of nitrogens with one attached hydrogen (secondary N) is 2. The summed E-state index contributed by atoms with van der Waals surface area (Å²) in [5, 5.41) is 30.4. The zero-order valence-corrected chi connectivity index (χ0v) is 22.5. The lowest BCUT2D eigenvalue weighted by atomic mass is 10.1. The molecule has 42 heavy (non-hydrogen) atoms. The van der Waals surface area contributed by atoms with Gasteiger partial charge in [-0.3, -0.25) is 4.79 Å². The molecule has 0 spiro atoms. The monoisotopic (exact) mass is 574 g/mol. The molecular formula is C29H34N8O5. The van der Waals surface area contributed by atoms with E-state index in [0.29, 0.717) is 50.6 Å². The van der Waals surface area contributed by atoms with Crippen LogP contribution in [0.5, 0.6) is 11.5 Å². The third kappa shape index (κ3) is 5.95. The number of H-pyrrole nitrogens is 1. The number of anilines is 2. The number of benzene rings is 2. The first-order valence-electron chi connectivity index (χ1n) is 13.0. The highest BCUT2D eigenvalue weighted by Crippen LogP contribution is 2.37. The van der Waals surface area contributed by atoms with Crippen LogP contribution in [0.15, 0.2) is 48.8 Å². The lowest BCUT2D eigenvalue weighted by molar-refractivity contribution is -0.664. The quantitative estimate of drug-likeness (QED) is 0.208. The molecule has 13 heteroatoms. The number of carbonyl (C=O) groups excluding carboxylic acids is 2. The summed E-state index contributed by atoms with van der Waals surface area (Å²) in [6.45, 7) is 3.06. The number of carbonyl (C=O) groups is 2. The topological polar surface area (TPSA) is 201 Å². The van der Waals surface area contributed by atoms with Gasteiger partial charge >= 0.3 is 0 Å². The second-order valence-corrected chi connectivity index (χ2v) is 9.63. The van der Waals surface area contributed by atoms with Crippen molar-refractivity contribution in [1.82, 2.24) is 24.7 Å². The molecule has 220 valence electrons. The summed E-state index contributed by atoms with van der Waals surface area (Å²) in [6, 6.07) is 12.4. The largest absolute Gasteiger partial charge is 0.550 e. The van der Waals surface area contributed by atoms with E-state index in [1.54, 1.807) is 37.4 Å². The normalized spacial score (nSPS) is 13.2. The van der Waals surface area contributed by atoms with Crippen LogP contribution in [0.2, 0.25) is 0 Å². The maximum Gasteiger partial charge on any atom is 0.272 e. The van der Waals surface area contributed by atoms with Crippen LogP contribution < -0.4 is 26.2 Å². The minimum atomic E-state index is -1.08. The number of quaternary nitrogens is 1. The molecule has 1 amide bonds. The maximum absolute atomic E-state index is 13.0. The van der Waals surface area contributed by atoms with E-state index in [2.05, 4.69) is 25.6 Å². The van der Waals surface area contributed by atoms with E-state index < -0.39 is 5.97 Å². The number of carboxylic acid groups (broad SMARTS) is 1. The molecule has 3 aromatic heterocycles. The number of nitrogens with zero attached hydrogens (tertiary/aromatic N) is 4. The number of piperidine rings is 1. The number of nitrogens with two attached hydrogens (primary N) is 2. The van der Waals surface area contributed by atoms with Gasteiger partial charge in [0.05, 0.1) is 37.3 Å². The molecule has 4 heterocycles. The van der Waals surface area contributed by atoms with Gasteiger partial charge in [-0.25, -0.2) is 14.6 Å². The second-order valence-electron chi connectivity index (χ2n) is 9.63. The van der Waals surface area contributed by atoms with Gasteiger partial charge in [0.25, 0.3) is 5.91 Å². The zero-order valence-electron chi connectivity index (χ0n) is 22.5. The van der Waals surface area contributed by atoms with Crippen LogP contribution in [0.4, 0.5) is 11.5 Å². The van der Waals surface area contributed by atoms with Gasteiger partial charge in [-0.15, -0.1) is 0 Å². The molecule has 5 aromatic rings. The fraction of sp³-hybridized carbons (Fsp3) is 0.276. The number of aromatic nitrogens is 5. The molecule has 13 nitrogen and oxygen atoms in total. The minimum Gasteiger partial charge on any atom is -0.550 e. The number of nitrogen functional groups attached to an aromatic ring is 1. The van der Waals surface area contributed by atoms with Crippen LogP contribution in [-0.4, -0.2) is 61.9 Å². The molecule has 0 saturated carbocycles. The summed E-state index contributed by atoms with van der Waals surface area (Å²) >= 11 is 0. The Kier molecular flexibility index (Phi) is 8.91. The number of methoxy groups -OCH3 is 1. The Morgan fingerprint density at radius 1 is 1.19 bits per heavy atom. The molecule has 1 aliphatic rings. The lowest BCUT2D eigenvalue weighted by Crippen LogP contribution is -2.86. The van der Waals surface area contributed by atoms with Gasteiger partial charge in [-0.2, -0.15) is 5.10 Å². The number of phenolic OH excluding ortho intramolecular Hbond substituents is 1. The number of carboxylic acids is 1. The van der Waals surface area contributed by atoms with E-state index in [1.807, 2.05) is 16.8 Å². The smallest absolute Gasteiger partial charge is 0.272 e. The van der Waals surface area contributed by atoms with E-state index in [4.69, 9.17) is 25.5 Å². The number of ether oxygens (including phenoxy) is 1. The standard InChI is InChI=1S/C26H26N8O3.C2H4O2.CH4/c1-37-21-11-14(5-6-18(21)32-26(36)19-12-16-17(31-19)3-2-4-20(16)35)23-22-24(27)29-13-30-25(22)34(33-23)15-7-9-28-10-8-15;1-2(3)4;/h2-6,11-13,15,28,31,35H,7-10H2,1H3,(H,32,36)(H2,27,29,30);1H3,(H,3,4);1H4. The third-order valence-electron chi connectivity index (χ3n) is 6.88. The first-order valence-corrected chi connectivity index (χ1v) is 13.0. The van der Waals surface area contributed by atoms with Crippen molar-refractivity contribution in [2.75, 3.05) is 31.2 Å². The molecule has 0 bridgehead atoms. The Morgan fingerprint density at radius 2 is 1.93 bits per heavy atom.